The Morgan fingerprint density at radius 1 is 1.39 bits per heavy atom. The van der Waals surface area contributed by atoms with Gasteiger partial charge in [-0.1, -0.05) is 24.3 Å². The summed E-state index contributed by atoms with van der Waals surface area (Å²) in [5, 5.41) is 3.37. The van der Waals surface area contributed by atoms with E-state index in [1.54, 1.807) is 6.20 Å². The number of hydrogen-bond donors (Lipinski definition) is 2. The molecular formula is C14H16N4. The number of aromatic nitrogens is 2. The molecule has 1 aromatic heterocycles. The Morgan fingerprint density at radius 3 is 3.06 bits per heavy atom. The van der Waals surface area contributed by atoms with Gasteiger partial charge in [-0.25, -0.2) is 4.98 Å². The smallest absolute Gasteiger partial charge is 0.221 e. The van der Waals surface area contributed by atoms with Crippen LogP contribution in [0.4, 0.5) is 11.8 Å². The average molecular weight is 240 g/mol. The number of rotatable bonds is 3. The number of hydrogen-bond acceptors (Lipinski definition) is 4. The maximum atomic E-state index is 5.59. The van der Waals surface area contributed by atoms with E-state index in [4.69, 9.17) is 5.73 Å². The molecule has 0 amide bonds. The molecule has 0 saturated heterocycles. The molecule has 1 atom stereocenters. The maximum absolute atomic E-state index is 5.59. The molecule has 0 aliphatic heterocycles. The van der Waals surface area contributed by atoms with Crippen molar-refractivity contribution in [1.29, 1.82) is 0 Å². The molecule has 3 N–H and O–H groups in total. The zero-order valence-corrected chi connectivity index (χ0v) is 10.4. The molecule has 0 bridgehead atoms. The summed E-state index contributed by atoms with van der Waals surface area (Å²) in [6.45, 7) is 2.88. The van der Waals surface area contributed by atoms with E-state index in [-0.39, 0.29) is 0 Å². The monoisotopic (exact) mass is 240 g/mol. The van der Waals surface area contributed by atoms with Gasteiger partial charge in [-0.2, -0.15) is 4.98 Å². The highest BCUT2D eigenvalue weighted by Crippen LogP contribution is 2.34. The third kappa shape index (κ3) is 1.90. The lowest BCUT2D eigenvalue weighted by Gasteiger charge is -2.30. The van der Waals surface area contributed by atoms with Crippen molar-refractivity contribution in [2.75, 3.05) is 17.6 Å². The second-order valence-corrected chi connectivity index (χ2v) is 4.74. The lowest BCUT2D eigenvalue weighted by atomic mass is 9.77. The van der Waals surface area contributed by atoms with E-state index in [0.29, 0.717) is 11.9 Å². The SMILES string of the molecule is Cc1cnc(N)nc1NCC1Cc2ccccc21. The zero-order chi connectivity index (χ0) is 12.5. The number of benzene rings is 1. The lowest BCUT2D eigenvalue weighted by Crippen LogP contribution is -2.24. The molecule has 0 radical (unpaired) electrons. The van der Waals surface area contributed by atoms with Crippen LogP contribution in [-0.4, -0.2) is 16.5 Å². The van der Waals surface area contributed by atoms with Crippen molar-refractivity contribution < 1.29 is 0 Å². The van der Waals surface area contributed by atoms with Gasteiger partial charge < -0.3 is 11.1 Å². The van der Waals surface area contributed by atoms with Crippen LogP contribution in [-0.2, 0) is 6.42 Å². The van der Waals surface area contributed by atoms with Gasteiger partial charge in [0.2, 0.25) is 5.95 Å². The summed E-state index contributed by atoms with van der Waals surface area (Å²) >= 11 is 0. The van der Waals surface area contributed by atoms with Gasteiger partial charge in [-0.05, 0) is 24.5 Å². The number of nitrogens with two attached hydrogens (primary N) is 1. The molecule has 1 aromatic carbocycles. The first-order chi connectivity index (χ1) is 8.74. The molecule has 0 saturated carbocycles. The predicted molar refractivity (Wildman–Crippen MR) is 72.6 cm³/mol. The molecule has 3 rings (SSSR count). The summed E-state index contributed by atoms with van der Waals surface area (Å²) in [6, 6.07) is 8.59. The second-order valence-electron chi connectivity index (χ2n) is 4.74. The van der Waals surface area contributed by atoms with Gasteiger partial charge in [0.25, 0.3) is 0 Å². The minimum Gasteiger partial charge on any atom is -0.369 e. The van der Waals surface area contributed by atoms with E-state index in [2.05, 4.69) is 39.6 Å². The Morgan fingerprint density at radius 2 is 2.22 bits per heavy atom. The number of anilines is 2. The fraction of sp³-hybridized carbons (Fsp3) is 0.286. The number of aryl methyl sites for hydroxylation is 1. The number of fused-ring (bicyclic) bond motifs is 1. The normalized spacial score (nSPS) is 16.8. The molecule has 1 heterocycles. The third-order valence-electron chi connectivity index (χ3n) is 3.47. The molecule has 4 heteroatoms. The fourth-order valence-corrected chi connectivity index (χ4v) is 2.40. The van der Waals surface area contributed by atoms with Gasteiger partial charge in [-0.3, -0.25) is 0 Å². The van der Waals surface area contributed by atoms with Crippen LogP contribution in [0.2, 0.25) is 0 Å². The molecule has 92 valence electrons. The molecule has 1 unspecified atom stereocenters. The average Bonchev–Trinajstić information content (AvgIpc) is 2.34. The first kappa shape index (κ1) is 11.0. The van der Waals surface area contributed by atoms with Gasteiger partial charge in [0.15, 0.2) is 0 Å². The summed E-state index contributed by atoms with van der Waals surface area (Å²) in [6.07, 6.45) is 2.89. The molecule has 0 fully saturated rings. The highest BCUT2D eigenvalue weighted by Gasteiger charge is 2.25. The van der Waals surface area contributed by atoms with Crippen molar-refractivity contribution in [2.45, 2.75) is 19.3 Å². The second kappa shape index (κ2) is 4.29. The summed E-state index contributed by atoms with van der Waals surface area (Å²) in [7, 11) is 0. The minimum absolute atomic E-state index is 0.317. The van der Waals surface area contributed by atoms with Crippen LogP contribution in [0.1, 0.15) is 22.6 Å². The lowest BCUT2D eigenvalue weighted by molar-refractivity contribution is 0.634. The van der Waals surface area contributed by atoms with E-state index in [1.165, 1.54) is 11.1 Å². The van der Waals surface area contributed by atoms with Crippen molar-refractivity contribution >= 4 is 11.8 Å². The Hall–Kier alpha value is -2.10. The highest BCUT2D eigenvalue weighted by molar-refractivity contribution is 5.47. The van der Waals surface area contributed by atoms with Crippen molar-refractivity contribution in [3.05, 3.63) is 47.2 Å². The summed E-state index contributed by atoms with van der Waals surface area (Å²) in [5.74, 6) is 1.74. The van der Waals surface area contributed by atoms with E-state index in [9.17, 15) is 0 Å². The van der Waals surface area contributed by atoms with Gasteiger partial charge in [-0.15, -0.1) is 0 Å². The summed E-state index contributed by atoms with van der Waals surface area (Å²) in [4.78, 5) is 8.18. The van der Waals surface area contributed by atoms with Crippen molar-refractivity contribution in [1.82, 2.24) is 9.97 Å². The van der Waals surface area contributed by atoms with Gasteiger partial charge in [0, 0.05) is 24.2 Å². The van der Waals surface area contributed by atoms with Gasteiger partial charge in [0.05, 0.1) is 0 Å². The van der Waals surface area contributed by atoms with Gasteiger partial charge >= 0.3 is 0 Å². The van der Waals surface area contributed by atoms with Crippen LogP contribution in [0.3, 0.4) is 0 Å². The highest BCUT2D eigenvalue weighted by atomic mass is 15.1. The van der Waals surface area contributed by atoms with Crippen molar-refractivity contribution in [3.63, 3.8) is 0 Å². The van der Waals surface area contributed by atoms with Crippen LogP contribution < -0.4 is 11.1 Å². The first-order valence-corrected chi connectivity index (χ1v) is 6.15. The minimum atomic E-state index is 0.317. The van der Waals surface area contributed by atoms with E-state index in [0.717, 1.165) is 24.3 Å². The molecule has 1 aliphatic rings. The zero-order valence-electron chi connectivity index (χ0n) is 10.4. The largest absolute Gasteiger partial charge is 0.369 e. The van der Waals surface area contributed by atoms with Crippen molar-refractivity contribution in [2.24, 2.45) is 0 Å². The molecular weight excluding hydrogens is 224 g/mol. The van der Waals surface area contributed by atoms with Crippen molar-refractivity contribution in [3.8, 4) is 0 Å². The van der Waals surface area contributed by atoms with Crippen LogP contribution in [0.25, 0.3) is 0 Å². The number of nitrogens with zero attached hydrogens (tertiary/aromatic N) is 2. The topological polar surface area (TPSA) is 63.8 Å². The Bertz CT molecular complexity index is 580. The molecule has 18 heavy (non-hydrogen) atoms. The molecule has 4 nitrogen and oxygen atoms in total. The maximum Gasteiger partial charge on any atom is 0.221 e. The predicted octanol–water partition coefficient (Wildman–Crippen LogP) is 2.12. The first-order valence-electron chi connectivity index (χ1n) is 6.15. The van der Waals surface area contributed by atoms with Crippen LogP contribution in [0.5, 0.6) is 0 Å². The Labute approximate surface area is 106 Å². The van der Waals surface area contributed by atoms with Crippen LogP contribution in [0, 0.1) is 6.92 Å². The van der Waals surface area contributed by atoms with Crippen LogP contribution in [0.15, 0.2) is 30.5 Å². The van der Waals surface area contributed by atoms with E-state index in [1.807, 2.05) is 6.92 Å². The molecule has 0 spiro atoms. The third-order valence-corrected chi connectivity index (χ3v) is 3.47. The Balaban J connectivity index is 1.68. The van der Waals surface area contributed by atoms with E-state index >= 15 is 0 Å². The quantitative estimate of drug-likeness (QED) is 0.862. The summed E-state index contributed by atoms with van der Waals surface area (Å²) < 4.78 is 0. The number of nitrogens with one attached hydrogen (secondary N) is 1. The van der Waals surface area contributed by atoms with E-state index < -0.39 is 0 Å². The summed E-state index contributed by atoms with van der Waals surface area (Å²) in [5.41, 5.74) is 9.53. The van der Waals surface area contributed by atoms with Crippen LogP contribution >= 0.6 is 0 Å². The fourth-order valence-electron chi connectivity index (χ4n) is 2.40. The molecule has 2 aromatic rings. The molecule has 1 aliphatic carbocycles. The number of nitrogen functional groups attached to an aromatic ring is 1. The standard InChI is InChI=1S/C14H16N4/c1-9-7-17-14(15)18-13(9)16-8-11-6-10-4-2-3-5-12(10)11/h2-5,7,11H,6,8H2,1H3,(H3,15,16,17,18). The van der Waals surface area contributed by atoms with Gasteiger partial charge in [0.1, 0.15) is 5.82 Å². The Kier molecular flexibility index (Phi) is 2.63.